The number of hydrogen-bond acceptors (Lipinski definition) is 4. The van der Waals surface area contributed by atoms with Crippen LogP contribution in [0.2, 0.25) is 0 Å². The molecule has 0 fully saturated rings. The van der Waals surface area contributed by atoms with E-state index in [0.29, 0.717) is 25.9 Å². The fourth-order valence-electron chi connectivity index (χ4n) is 2.01. The van der Waals surface area contributed by atoms with E-state index in [1.807, 2.05) is 35.9 Å². The first-order chi connectivity index (χ1) is 9.70. The van der Waals surface area contributed by atoms with Gasteiger partial charge in [-0.2, -0.15) is 0 Å². The van der Waals surface area contributed by atoms with Crippen LogP contribution in [-0.4, -0.2) is 27.2 Å². The van der Waals surface area contributed by atoms with Crippen LogP contribution in [0.5, 0.6) is 0 Å². The van der Waals surface area contributed by atoms with Crippen molar-refractivity contribution in [2.75, 3.05) is 6.54 Å². The number of nitrogens with zero attached hydrogens (tertiary/aromatic N) is 3. The number of hydrogen-bond donors (Lipinski definition) is 2. The van der Waals surface area contributed by atoms with Crippen LogP contribution in [0.4, 0.5) is 0 Å². The van der Waals surface area contributed by atoms with Crippen molar-refractivity contribution >= 4 is 5.91 Å². The maximum Gasteiger partial charge on any atom is 0.224 e. The Morgan fingerprint density at radius 2 is 2.10 bits per heavy atom. The quantitative estimate of drug-likeness (QED) is 0.786. The highest BCUT2D eigenvalue weighted by Crippen LogP contribution is 2.08. The fourth-order valence-corrected chi connectivity index (χ4v) is 2.01. The lowest BCUT2D eigenvalue weighted by Crippen LogP contribution is -2.28. The van der Waals surface area contributed by atoms with Gasteiger partial charge in [0.25, 0.3) is 0 Å². The van der Waals surface area contributed by atoms with Gasteiger partial charge in [0.05, 0.1) is 6.42 Å². The van der Waals surface area contributed by atoms with E-state index in [0.717, 1.165) is 17.0 Å². The normalized spacial score (nSPS) is 10.5. The van der Waals surface area contributed by atoms with Crippen LogP contribution < -0.4 is 11.1 Å². The Bertz CT molecular complexity index is 578. The van der Waals surface area contributed by atoms with Gasteiger partial charge in [0.2, 0.25) is 5.91 Å². The standard InChI is InChI=1S/C14H19N5O/c1-19-10-17-18-13(19)6-7-16-14(20)8-11-4-2-3-5-12(11)9-15/h2-5,10H,6-9,15H2,1H3,(H,16,20). The van der Waals surface area contributed by atoms with Crippen LogP contribution in [0.15, 0.2) is 30.6 Å². The molecule has 0 aliphatic heterocycles. The minimum absolute atomic E-state index is 0.00642. The number of aromatic nitrogens is 3. The molecular weight excluding hydrogens is 254 g/mol. The van der Waals surface area contributed by atoms with Gasteiger partial charge in [0.15, 0.2) is 0 Å². The van der Waals surface area contributed by atoms with Crippen LogP contribution in [-0.2, 0) is 31.2 Å². The molecule has 3 N–H and O–H groups in total. The Morgan fingerprint density at radius 3 is 2.75 bits per heavy atom. The van der Waals surface area contributed by atoms with E-state index in [9.17, 15) is 4.79 Å². The van der Waals surface area contributed by atoms with Crippen molar-refractivity contribution < 1.29 is 4.79 Å². The highest BCUT2D eigenvalue weighted by atomic mass is 16.1. The first-order valence-corrected chi connectivity index (χ1v) is 6.57. The predicted octanol–water partition coefficient (Wildman–Crippen LogP) is 0.175. The molecule has 0 spiro atoms. The number of rotatable bonds is 6. The number of nitrogens with one attached hydrogen (secondary N) is 1. The largest absolute Gasteiger partial charge is 0.355 e. The maximum absolute atomic E-state index is 11.9. The number of amides is 1. The second-order valence-electron chi connectivity index (χ2n) is 4.61. The summed E-state index contributed by atoms with van der Waals surface area (Å²) in [5.41, 5.74) is 7.65. The summed E-state index contributed by atoms with van der Waals surface area (Å²) in [6, 6.07) is 7.73. The third-order valence-electron chi connectivity index (χ3n) is 3.17. The predicted molar refractivity (Wildman–Crippen MR) is 75.8 cm³/mol. The van der Waals surface area contributed by atoms with Crippen molar-refractivity contribution in [2.24, 2.45) is 12.8 Å². The zero-order chi connectivity index (χ0) is 14.4. The molecule has 6 heteroatoms. The van der Waals surface area contributed by atoms with Crippen molar-refractivity contribution in [3.63, 3.8) is 0 Å². The molecule has 1 heterocycles. The van der Waals surface area contributed by atoms with Gasteiger partial charge in [-0.25, -0.2) is 0 Å². The molecular formula is C14H19N5O. The number of carbonyl (C=O) groups is 1. The number of benzene rings is 1. The average molecular weight is 273 g/mol. The fraction of sp³-hybridized carbons (Fsp3) is 0.357. The van der Waals surface area contributed by atoms with E-state index in [2.05, 4.69) is 15.5 Å². The Kier molecular flexibility index (Phi) is 4.84. The topological polar surface area (TPSA) is 85.8 Å². The van der Waals surface area contributed by atoms with Crippen LogP contribution in [0.3, 0.4) is 0 Å². The Morgan fingerprint density at radius 1 is 1.35 bits per heavy atom. The lowest BCUT2D eigenvalue weighted by molar-refractivity contribution is -0.120. The first-order valence-electron chi connectivity index (χ1n) is 6.57. The van der Waals surface area contributed by atoms with Gasteiger partial charge in [0, 0.05) is 26.6 Å². The summed E-state index contributed by atoms with van der Waals surface area (Å²) in [6.07, 6.45) is 2.67. The van der Waals surface area contributed by atoms with Crippen molar-refractivity contribution in [1.82, 2.24) is 20.1 Å². The molecule has 0 aliphatic carbocycles. The number of carbonyl (C=O) groups excluding carboxylic acids is 1. The zero-order valence-electron chi connectivity index (χ0n) is 11.5. The summed E-state index contributed by atoms with van der Waals surface area (Å²) < 4.78 is 1.84. The minimum atomic E-state index is -0.00642. The molecule has 1 amide bonds. The monoisotopic (exact) mass is 273 g/mol. The van der Waals surface area contributed by atoms with E-state index in [1.54, 1.807) is 6.33 Å². The summed E-state index contributed by atoms with van der Waals surface area (Å²) >= 11 is 0. The molecule has 0 bridgehead atoms. The van der Waals surface area contributed by atoms with Crippen LogP contribution in [0.1, 0.15) is 17.0 Å². The van der Waals surface area contributed by atoms with Gasteiger partial charge in [-0.3, -0.25) is 4.79 Å². The summed E-state index contributed by atoms with van der Waals surface area (Å²) in [5.74, 6) is 0.848. The molecule has 2 rings (SSSR count). The second-order valence-corrected chi connectivity index (χ2v) is 4.61. The Balaban J connectivity index is 1.82. The third-order valence-corrected chi connectivity index (χ3v) is 3.17. The van der Waals surface area contributed by atoms with E-state index in [4.69, 9.17) is 5.73 Å². The summed E-state index contributed by atoms with van der Waals surface area (Å²) in [7, 11) is 1.88. The molecule has 0 unspecified atom stereocenters. The maximum atomic E-state index is 11.9. The zero-order valence-corrected chi connectivity index (χ0v) is 11.5. The molecule has 0 saturated heterocycles. The third kappa shape index (κ3) is 3.64. The van der Waals surface area contributed by atoms with Crippen molar-refractivity contribution in [3.8, 4) is 0 Å². The van der Waals surface area contributed by atoms with E-state index in [-0.39, 0.29) is 5.91 Å². The average Bonchev–Trinajstić information content (AvgIpc) is 2.85. The van der Waals surface area contributed by atoms with E-state index >= 15 is 0 Å². The summed E-state index contributed by atoms with van der Waals surface area (Å²) in [5, 5.41) is 10.7. The SMILES string of the molecule is Cn1cnnc1CCNC(=O)Cc1ccccc1CN. The Hall–Kier alpha value is -2.21. The molecule has 0 atom stereocenters. The molecule has 2 aromatic rings. The van der Waals surface area contributed by atoms with Crippen molar-refractivity contribution in [2.45, 2.75) is 19.4 Å². The molecule has 20 heavy (non-hydrogen) atoms. The number of nitrogens with two attached hydrogens (primary N) is 1. The molecule has 1 aromatic heterocycles. The van der Waals surface area contributed by atoms with Gasteiger partial charge in [-0.1, -0.05) is 24.3 Å². The second kappa shape index (κ2) is 6.81. The van der Waals surface area contributed by atoms with Crippen molar-refractivity contribution in [3.05, 3.63) is 47.5 Å². The molecule has 0 radical (unpaired) electrons. The Labute approximate surface area is 118 Å². The molecule has 0 aliphatic rings. The molecule has 106 valence electrons. The van der Waals surface area contributed by atoms with Crippen LogP contribution in [0.25, 0.3) is 0 Å². The van der Waals surface area contributed by atoms with Crippen LogP contribution >= 0.6 is 0 Å². The van der Waals surface area contributed by atoms with Crippen LogP contribution in [0, 0.1) is 0 Å². The highest BCUT2D eigenvalue weighted by molar-refractivity contribution is 5.78. The summed E-state index contributed by atoms with van der Waals surface area (Å²) in [4.78, 5) is 11.9. The van der Waals surface area contributed by atoms with Gasteiger partial charge in [-0.15, -0.1) is 10.2 Å². The number of aryl methyl sites for hydroxylation is 1. The highest BCUT2D eigenvalue weighted by Gasteiger charge is 2.07. The molecule has 1 aromatic carbocycles. The molecule has 6 nitrogen and oxygen atoms in total. The van der Waals surface area contributed by atoms with Gasteiger partial charge in [-0.05, 0) is 11.1 Å². The smallest absolute Gasteiger partial charge is 0.224 e. The minimum Gasteiger partial charge on any atom is -0.355 e. The van der Waals surface area contributed by atoms with Crippen molar-refractivity contribution in [1.29, 1.82) is 0 Å². The van der Waals surface area contributed by atoms with E-state index in [1.165, 1.54) is 0 Å². The van der Waals surface area contributed by atoms with E-state index < -0.39 is 0 Å². The summed E-state index contributed by atoms with van der Waals surface area (Å²) in [6.45, 7) is 0.999. The molecule has 0 saturated carbocycles. The van der Waals surface area contributed by atoms with Gasteiger partial charge < -0.3 is 15.6 Å². The lowest BCUT2D eigenvalue weighted by Gasteiger charge is -2.08. The first kappa shape index (κ1) is 14.2. The lowest BCUT2D eigenvalue weighted by atomic mass is 10.0. The van der Waals surface area contributed by atoms with Gasteiger partial charge >= 0.3 is 0 Å². The van der Waals surface area contributed by atoms with Gasteiger partial charge in [0.1, 0.15) is 12.2 Å².